The summed E-state index contributed by atoms with van der Waals surface area (Å²) in [5.41, 5.74) is 3.62. The van der Waals surface area contributed by atoms with Crippen molar-refractivity contribution in [2.45, 2.75) is 75.4 Å². The van der Waals surface area contributed by atoms with Crippen LogP contribution in [0.2, 0.25) is 0 Å². The van der Waals surface area contributed by atoms with Crippen LogP contribution in [0.1, 0.15) is 86.8 Å². The first-order valence-electron chi connectivity index (χ1n) is 15.3. The average molecular weight is 577 g/mol. The van der Waals surface area contributed by atoms with Gasteiger partial charge in [0.2, 0.25) is 10.0 Å². The van der Waals surface area contributed by atoms with Gasteiger partial charge in [0.25, 0.3) is 5.91 Å². The molecule has 2 aromatic heterocycles. The third-order valence-electron chi connectivity index (χ3n) is 9.87. The number of amides is 1. The highest BCUT2D eigenvalue weighted by Gasteiger charge is 2.51. The first-order chi connectivity index (χ1) is 19.8. The van der Waals surface area contributed by atoms with Crippen LogP contribution in [-0.4, -0.2) is 71.5 Å². The van der Waals surface area contributed by atoms with Crippen LogP contribution in [0.25, 0.3) is 16.7 Å². The third-order valence-corrected chi connectivity index (χ3v) is 12.0. The molecule has 4 aliphatic rings. The summed E-state index contributed by atoms with van der Waals surface area (Å²) in [4.78, 5) is 23.3. The zero-order chi connectivity index (χ0) is 28.2. The summed E-state index contributed by atoms with van der Waals surface area (Å²) in [5.74, 6) is 0.369. The molecule has 1 amide bonds. The van der Waals surface area contributed by atoms with E-state index < -0.39 is 20.7 Å². The van der Waals surface area contributed by atoms with E-state index in [-0.39, 0.29) is 5.69 Å². The van der Waals surface area contributed by atoms with Gasteiger partial charge in [-0.3, -0.25) is 4.79 Å². The second kappa shape index (κ2) is 10.4. The number of piperidine rings is 1. The van der Waals surface area contributed by atoms with Crippen LogP contribution >= 0.6 is 0 Å². The van der Waals surface area contributed by atoms with Gasteiger partial charge in [-0.1, -0.05) is 24.6 Å². The van der Waals surface area contributed by atoms with Crippen molar-refractivity contribution in [2.75, 3.05) is 37.6 Å². The van der Waals surface area contributed by atoms with Crippen molar-refractivity contribution in [2.24, 2.45) is 5.92 Å². The molecule has 2 aliphatic carbocycles. The lowest BCUT2D eigenvalue weighted by molar-refractivity contribution is 0.0976. The van der Waals surface area contributed by atoms with Gasteiger partial charge in [-0.2, -0.15) is 5.10 Å². The van der Waals surface area contributed by atoms with Crippen LogP contribution in [0.5, 0.6) is 0 Å². The highest BCUT2D eigenvalue weighted by molar-refractivity contribution is 7.91. The lowest BCUT2D eigenvalue weighted by Gasteiger charge is -2.36. The molecule has 9 nitrogen and oxygen atoms in total. The second-order valence-electron chi connectivity index (χ2n) is 12.8. The van der Waals surface area contributed by atoms with Crippen molar-refractivity contribution >= 4 is 32.7 Å². The number of nitrogens with zero attached hydrogens (tertiary/aromatic N) is 5. The molecule has 2 saturated heterocycles. The fourth-order valence-electron chi connectivity index (χ4n) is 6.63. The Morgan fingerprint density at radius 1 is 1.00 bits per heavy atom. The van der Waals surface area contributed by atoms with Crippen molar-refractivity contribution in [1.82, 2.24) is 24.4 Å². The van der Waals surface area contributed by atoms with E-state index in [9.17, 15) is 13.2 Å². The Balaban J connectivity index is 1.29. The number of carbonyl (C=O) groups is 1. The predicted molar refractivity (Wildman–Crippen MR) is 160 cm³/mol. The first-order valence-corrected chi connectivity index (χ1v) is 16.8. The van der Waals surface area contributed by atoms with Crippen LogP contribution in [0.15, 0.2) is 36.4 Å². The molecular weight excluding hydrogens is 536 g/mol. The van der Waals surface area contributed by atoms with Gasteiger partial charge in [0.15, 0.2) is 5.65 Å². The van der Waals surface area contributed by atoms with E-state index in [4.69, 9.17) is 10.1 Å². The van der Waals surface area contributed by atoms with Gasteiger partial charge in [0.1, 0.15) is 5.69 Å². The highest BCUT2D eigenvalue weighted by atomic mass is 32.2. The Morgan fingerprint density at radius 3 is 2.34 bits per heavy atom. The molecule has 3 aromatic rings. The van der Waals surface area contributed by atoms with Crippen LogP contribution in [0.3, 0.4) is 0 Å². The Hall–Kier alpha value is -2.98. The van der Waals surface area contributed by atoms with Crippen LogP contribution in [0, 0.1) is 5.92 Å². The van der Waals surface area contributed by atoms with Crippen molar-refractivity contribution in [3.8, 4) is 5.69 Å². The van der Waals surface area contributed by atoms with Crippen molar-refractivity contribution in [3.05, 3.63) is 47.8 Å². The topological polar surface area (TPSA) is 100 Å². The molecule has 41 heavy (non-hydrogen) atoms. The molecule has 1 aromatic carbocycles. The van der Waals surface area contributed by atoms with Gasteiger partial charge in [0.05, 0.1) is 27.2 Å². The van der Waals surface area contributed by atoms with Crippen molar-refractivity contribution < 1.29 is 13.2 Å². The smallest absolute Gasteiger partial charge is 0.283 e. The Morgan fingerprint density at radius 2 is 1.71 bits per heavy atom. The number of anilines is 1. The number of rotatable bonds is 8. The van der Waals surface area contributed by atoms with E-state index >= 15 is 0 Å². The van der Waals surface area contributed by atoms with Gasteiger partial charge < -0.3 is 9.80 Å². The number of para-hydroxylation sites is 1. The van der Waals surface area contributed by atoms with Gasteiger partial charge in [-0.25, -0.2) is 22.8 Å². The fourth-order valence-corrected chi connectivity index (χ4v) is 7.87. The molecule has 4 fully saturated rings. The zero-order valence-electron chi connectivity index (χ0n) is 23.9. The van der Waals surface area contributed by atoms with E-state index in [0.717, 1.165) is 61.2 Å². The molecule has 2 saturated carbocycles. The number of likely N-dealkylation sites (tertiary alicyclic amines) is 1. The summed E-state index contributed by atoms with van der Waals surface area (Å²) >= 11 is 0. The Labute approximate surface area is 242 Å². The quantitative estimate of drug-likeness (QED) is 0.418. The Kier molecular flexibility index (Phi) is 6.81. The lowest BCUT2D eigenvalue weighted by atomic mass is 9.81. The maximum Gasteiger partial charge on any atom is 0.283 e. The molecule has 0 atom stereocenters. The zero-order valence-corrected chi connectivity index (χ0v) is 24.7. The summed E-state index contributed by atoms with van der Waals surface area (Å²) in [7, 11) is -3.79. The van der Waals surface area contributed by atoms with Gasteiger partial charge in [-0.15, -0.1) is 0 Å². The summed E-state index contributed by atoms with van der Waals surface area (Å²) < 4.78 is 29.2. The van der Waals surface area contributed by atoms with Gasteiger partial charge >= 0.3 is 0 Å². The molecule has 4 heterocycles. The number of nitrogens with one attached hydrogen (secondary N) is 1. The number of benzene rings is 1. The molecular formula is C31H40N6O3S. The number of aromatic nitrogens is 3. The monoisotopic (exact) mass is 576 g/mol. The minimum Gasteiger partial charge on any atom is -0.371 e. The summed E-state index contributed by atoms with van der Waals surface area (Å²) in [5, 5.41) is 6.12. The maximum atomic E-state index is 13.5. The molecule has 1 N–H and O–H groups in total. The van der Waals surface area contributed by atoms with Crippen LogP contribution < -0.4 is 9.62 Å². The van der Waals surface area contributed by atoms with Crippen molar-refractivity contribution in [1.29, 1.82) is 0 Å². The summed E-state index contributed by atoms with van der Waals surface area (Å²) in [6.07, 6.45) is 9.31. The number of hydrogen-bond donors (Lipinski definition) is 1. The average Bonchev–Trinajstić information content (AvgIpc) is 3.34. The second-order valence-corrected chi connectivity index (χ2v) is 15.0. The van der Waals surface area contributed by atoms with E-state index in [1.807, 2.05) is 41.1 Å². The Bertz CT molecular complexity index is 1550. The standard InChI is InChI=1S/C31H40N6O3S/c1-31(14-15-31)41(39,40)34-30(38)25-20-26(36-18-12-22(13-19-36)21-35-16-5-6-17-35)27-28(23-8-7-9-23)33-37(29(27)32-25)24-10-3-2-4-11-24/h2-4,10-11,20,22-23H,5-9,12-19,21H2,1H3,(H,34,38). The SMILES string of the molecule is CC1(S(=O)(=O)NC(=O)c2cc(N3CCC(CN4CCCC4)CC3)c3c(C4CCC4)nn(-c4ccccc4)c3n2)CC1. The number of pyridine rings is 1. The minimum absolute atomic E-state index is 0.122. The van der Waals surface area contributed by atoms with Crippen LogP contribution in [0.4, 0.5) is 5.69 Å². The normalized spacial score (nSPS) is 21.7. The molecule has 10 heteroatoms. The van der Waals surface area contributed by atoms with Gasteiger partial charge in [0, 0.05) is 25.6 Å². The predicted octanol–water partition coefficient (Wildman–Crippen LogP) is 4.61. The largest absolute Gasteiger partial charge is 0.371 e. The van der Waals surface area contributed by atoms with E-state index in [0.29, 0.717) is 30.3 Å². The summed E-state index contributed by atoms with van der Waals surface area (Å²) in [6, 6.07) is 11.7. The molecule has 0 spiro atoms. The number of hydrogen-bond acceptors (Lipinski definition) is 7. The van der Waals surface area contributed by atoms with E-state index in [1.165, 1.54) is 38.9 Å². The van der Waals surface area contributed by atoms with Crippen molar-refractivity contribution in [3.63, 3.8) is 0 Å². The minimum atomic E-state index is -3.79. The molecule has 7 rings (SSSR count). The number of fused-ring (bicyclic) bond motifs is 1. The van der Waals surface area contributed by atoms with Crippen LogP contribution in [-0.2, 0) is 10.0 Å². The van der Waals surface area contributed by atoms with Gasteiger partial charge in [-0.05, 0) is 95.5 Å². The fraction of sp³-hybridized carbons (Fsp3) is 0.581. The first kappa shape index (κ1) is 26.9. The van der Waals surface area contributed by atoms with E-state index in [2.05, 4.69) is 14.5 Å². The highest BCUT2D eigenvalue weighted by Crippen LogP contribution is 2.44. The maximum absolute atomic E-state index is 13.5. The van der Waals surface area contributed by atoms with E-state index in [1.54, 1.807) is 6.92 Å². The molecule has 0 bridgehead atoms. The molecule has 0 unspecified atom stereocenters. The molecule has 2 aliphatic heterocycles. The summed E-state index contributed by atoms with van der Waals surface area (Å²) in [6.45, 7) is 7.09. The number of sulfonamides is 1. The lowest BCUT2D eigenvalue weighted by Crippen LogP contribution is -2.39. The number of carbonyl (C=O) groups excluding carboxylic acids is 1. The molecule has 0 radical (unpaired) electrons. The third kappa shape index (κ3) is 5.03. The molecule has 218 valence electrons.